The third-order valence-corrected chi connectivity index (χ3v) is 1.69. The van der Waals surface area contributed by atoms with E-state index < -0.39 is 5.97 Å². The Morgan fingerprint density at radius 3 is 2.46 bits per heavy atom. The number of hydrogen-bond donors (Lipinski definition) is 1. The zero-order valence-electron chi connectivity index (χ0n) is 6.93. The zero-order chi connectivity index (χ0) is 9.68. The van der Waals surface area contributed by atoms with Crippen LogP contribution in [0.2, 0.25) is 0 Å². The minimum atomic E-state index is -0.904. The average Bonchev–Trinajstić information content (AvgIpc) is 2.08. The molecule has 0 aliphatic rings. The highest BCUT2D eigenvalue weighted by molar-refractivity contribution is 5.70. The number of nitroso groups, excluding NO2 is 1. The molecule has 0 fully saturated rings. The molecule has 1 aromatic rings. The number of aliphatic carboxylic acids is 1. The van der Waals surface area contributed by atoms with E-state index in [1.807, 2.05) is 0 Å². The zero-order valence-corrected chi connectivity index (χ0v) is 6.93. The normalized spacial score (nSPS) is 9.54. The van der Waals surface area contributed by atoms with Gasteiger partial charge in [-0.3, -0.25) is 4.79 Å². The minimum absolute atomic E-state index is 0.0312. The minimum Gasteiger partial charge on any atom is -0.481 e. The third-order valence-electron chi connectivity index (χ3n) is 1.69. The maximum absolute atomic E-state index is 10.4. The second-order valence-electron chi connectivity index (χ2n) is 2.63. The highest BCUT2D eigenvalue weighted by Crippen LogP contribution is 2.10. The topological polar surface area (TPSA) is 66.7 Å². The SMILES string of the molecule is O=NCc1ccccc1CC(=O)O. The largest absolute Gasteiger partial charge is 0.481 e. The molecule has 0 amide bonds. The Balaban J connectivity index is 2.90. The molecular formula is C9H9NO3. The molecule has 68 valence electrons. The van der Waals surface area contributed by atoms with E-state index in [4.69, 9.17) is 5.11 Å². The van der Waals surface area contributed by atoms with Gasteiger partial charge in [-0.25, -0.2) is 0 Å². The van der Waals surface area contributed by atoms with Gasteiger partial charge in [0.25, 0.3) is 0 Å². The maximum Gasteiger partial charge on any atom is 0.307 e. The van der Waals surface area contributed by atoms with Crippen molar-refractivity contribution in [2.75, 3.05) is 0 Å². The van der Waals surface area contributed by atoms with Crippen molar-refractivity contribution in [2.45, 2.75) is 13.0 Å². The summed E-state index contributed by atoms with van der Waals surface area (Å²) < 4.78 is 0. The lowest BCUT2D eigenvalue weighted by Gasteiger charge is -2.02. The summed E-state index contributed by atoms with van der Waals surface area (Å²) >= 11 is 0. The predicted molar refractivity (Wildman–Crippen MR) is 47.3 cm³/mol. The number of nitrogens with zero attached hydrogens (tertiary/aromatic N) is 1. The molecule has 0 aromatic heterocycles. The summed E-state index contributed by atoms with van der Waals surface area (Å²) in [6.07, 6.45) is -0.0638. The van der Waals surface area contributed by atoms with Crippen molar-refractivity contribution in [2.24, 2.45) is 5.18 Å². The molecule has 0 aliphatic heterocycles. The summed E-state index contributed by atoms with van der Waals surface area (Å²) in [6.45, 7) is 0.0312. The van der Waals surface area contributed by atoms with Crippen molar-refractivity contribution < 1.29 is 9.90 Å². The Hall–Kier alpha value is -1.71. The van der Waals surface area contributed by atoms with E-state index in [0.717, 1.165) is 0 Å². The van der Waals surface area contributed by atoms with Gasteiger partial charge in [-0.1, -0.05) is 29.4 Å². The van der Waals surface area contributed by atoms with Crippen LogP contribution in [0.1, 0.15) is 11.1 Å². The summed E-state index contributed by atoms with van der Waals surface area (Å²) in [4.78, 5) is 20.4. The average molecular weight is 179 g/mol. The number of rotatable bonds is 4. The van der Waals surface area contributed by atoms with Crippen molar-refractivity contribution in [1.82, 2.24) is 0 Å². The van der Waals surface area contributed by atoms with Crippen LogP contribution in [0.15, 0.2) is 29.4 Å². The Morgan fingerprint density at radius 1 is 1.31 bits per heavy atom. The number of benzene rings is 1. The molecule has 1 aromatic carbocycles. The first kappa shape index (κ1) is 9.38. The van der Waals surface area contributed by atoms with Gasteiger partial charge in [-0.2, -0.15) is 4.91 Å². The van der Waals surface area contributed by atoms with E-state index in [1.54, 1.807) is 24.3 Å². The fraction of sp³-hybridized carbons (Fsp3) is 0.222. The van der Waals surface area contributed by atoms with Crippen LogP contribution in [0.25, 0.3) is 0 Å². The maximum atomic E-state index is 10.4. The van der Waals surface area contributed by atoms with Crippen LogP contribution in [0.5, 0.6) is 0 Å². The van der Waals surface area contributed by atoms with E-state index in [2.05, 4.69) is 5.18 Å². The lowest BCUT2D eigenvalue weighted by atomic mass is 10.1. The van der Waals surface area contributed by atoms with E-state index in [9.17, 15) is 9.70 Å². The Bertz CT molecular complexity index is 322. The summed E-state index contributed by atoms with van der Waals surface area (Å²) in [7, 11) is 0. The molecule has 13 heavy (non-hydrogen) atoms. The van der Waals surface area contributed by atoms with Gasteiger partial charge in [0.15, 0.2) is 0 Å². The van der Waals surface area contributed by atoms with Gasteiger partial charge in [0.2, 0.25) is 0 Å². The summed E-state index contributed by atoms with van der Waals surface area (Å²) in [5.74, 6) is -0.904. The summed E-state index contributed by atoms with van der Waals surface area (Å²) in [6, 6.07) is 6.90. The van der Waals surface area contributed by atoms with Gasteiger partial charge < -0.3 is 5.11 Å². The second kappa shape index (κ2) is 4.35. The van der Waals surface area contributed by atoms with Crippen LogP contribution in [-0.2, 0) is 17.8 Å². The molecule has 0 atom stereocenters. The Morgan fingerprint density at radius 2 is 1.92 bits per heavy atom. The summed E-state index contributed by atoms with van der Waals surface area (Å²) in [5.41, 5.74) is 1.33. The number of hydrogen-bond acceptors (Lipinski definition) is 3. The van der Waals surface area contributed by atoms with Crippen molar-refractivity contribution in [3.8, 4) is 0 Å². The molecule has 0 spiro atoms. The monoisotopic (exact) mass is 179 g/mol. The van der Waals surface area contributed by atoms with Crippen LogP contribution in [0.4, 0.5) is 0 Å². The molecule has 0 unspecified atom stereocenters. The number of carboxylic acids is 1. The summed E-state index contributed by atoms with van der Waals surface area (Å²) in [5, 5.41) is 11.3. The number of carboxylic acid groups (broad SMARTS) is 1. The first-order chi connectivity index (χ1) is 6.24. The van der Waals surface area contributed by atoms with Gasteiger partial charge in [0, 0.05) is 0 Å². The van der Waals surface area contributed by atoms with Crippen molar-refractivity contribution in [1.29, 1.82) is 0 Å². The quantitative estimate of drug-likeness (QED) is 0.713. The fourth-order valence-electron chi connectivity index (χ4n) is 1.12. The van der Waals surface area contributed by atoms with E-state index >= 15 is 0 Å². The predicted octanol–water partition coefficient (Wildman–Crippen LogP) is 1.58. The first-order valence-corrected chi connectivity index (χ1v) is 3.81. The fourth-order valence-corrected chi connectivity index (χ4v) is 1.12. The van der Waals surface area contributed by atoms with Gasteiger partial charge in [0.1, 0.15) is 6.54 Å². The first-order valence-electron chi connectivity index (χ1n) is 3.81. The third kappa shape index (κ3) is 2.66. The highest BCUT2D eigenvalue weighted by atomic mass is 16.4. The van der Waals surface area contributed by atoms with E-state index in [-0.39, 0.29) is 13.0 Å². The van der Waals surface area contributed by atoms with Crippen LogP contribution in [0, 0.1) is 4.91 Å². The van der Waals surface area contributed by atoms with Crippen LogP contribution in [0.3, 0.4) is 0 Å². The van der Waals surface area contributed by atoms with E-state index in [1.165, 1.54) is 0 Å². The van der Waals surface area contributed by atoms with Gasteiger partial charge in [-0.05, 0) is 11.1 Å². The smallest absolute Gasteiger partial charge is 0.307 e. The molecule has 1 N–H and O–H groups in total. The molecule has 1 rings (SSSR count). The van der Waals surface area contributed by atoms with E-state index in [0.29, 0.717) is 11.1 Å². The molecule has 4 nitrogen and oxygen atoms in total. The lowest BCUT2D eigenvalue weighted by molar-refractivity contribution is -0.136. The van der Waals surface area contributed by atoms with Gasteiger partial charge in [-0.15, -0.1) is 0 Å². The second-order valence-corrected chi connectivity index (χ2v) is 2.63. The lowest BCUT2D eigenvalue weighted by Crippen LogP contribution is -2.02. The van der Waals surface area contributed by atoms with Gasteiger partial charge in [0.05, 0.1) is 6.42 Å². The Labute approximate surface area is 75.2 Å². The molecule has 0 heterocycles. The highest BCUT2D eigenvalue weighted by Gasteiger charge is 2.05. The van der Waals surface area contributed by atoms with Crippen molar-refractivity contribution in [3.05, 3.63) is 40.3 Å². The van der Waals surface area contributed by atoms with Crippen LogP contribution >= 0.6 is 0 Å². The molecule has 0 radical (unpaired) electrons. The molecule has 0 saturated carbocycles. The number of carbonyl (C=O) groups is 1. The molecule has 4 heteroatoms. The van der Waals surface area contributed by atoms with Crippen molar-refractivity contribution >= 4 is 5.97 Å². The molecule has 0 aliphatic carbocycles. The Kier molecular flexibility index (Phi) is 3.14. The standard InChI is InChI=1S/C9H9NO3/c11-9(12)5-7-3-1-2-4-8(7)6-10-13/h1-4H,5-6H2,(H,11,12). The van der Waals surface area contributed by atoms with Crippen molar-refractivity contribution in [3.63, 3.8) is 0 Å². The van der Waals surface area contributed by atoms with Gasteiger partial charge >= 0.3 is 5.97 Å². The van der Waals surface area contributed by atoms with Crippen LogP contribution in [-0.4, -0.2) is 11.1 Å². The molecule has 0 saturated heterocycles. The molecular weight excluding hydrogens is 170 g/mol. The van der Waals surface area contributed by atoms with Crippen LogP contribution < -0.4 is 0 Å². The molecule has 0 bridgehead atoms.